The Bertz CT molecular complexity index is 789. The van der Waals surface area contributed by atoms with E-state index < -0.39 is 17.5 Å². The van der Waals surface area contributed by atoms with E-state index >= 15 is 0 Å². The van der Waals surface area contributed by atoms with Crippen LogP contribution in [0.15, 0.2) is 18.2 Å². The number of ether oxygens (including phenoxy) is 2. The molecule has 0 bridgehead atoms. The largest absolute Gasteiger partial charge is 0.490 e. The molecule has 8 nitrogen and oxygen atoms in total. The molecule has 0 radical (unpaired) electrons. The summed E-state index contributed by atoms with van der Waals surface area (Å²) in [5.74, 6) is 0.431. The normalized spacial score (nSPS) is 18.3. The fourth-order valence-electron chi connectivity index (χ4n) is 4.14. The lowest BCUT2D eigenvalue weighted by Gasteiger charge is -2.35. The van der Waals surface area contributed by atoms with E-state index in [4.69, 9.17) is 9.47 Å². The second-order valence-corrected chi connectivity index (χ2v) is 7.40. The first-order valence-corrected chi connectivity index (χ1v) is 10.2. The third-order valence-corrected chi connectivity index (χ3v) is 5.61. The molecule has 1 heterocycles. The van der Waals surface area contributed by atoms with E-state index in [-0.39, 0.29) is 12.5 Å². The molecule has 0 aromatic heterocycles. The molecule has 0 atom stereocenters. The van der Waals surface area contributed by atoms with Crippen LogP contribution in [0.2, 0.25) is 0 Å². The van der Waals surface area contributed by atoms with Gasteiger partial charge in [0.05, 0.1) is 13.2 Å². The molecule has 2 aliphatic rings. The minimum Gasteiger partial charge on any atom is -0.490 e. The smallest absolute Gasteiger partial charge is 0.327 e. The molecule has 1 aliphatic carbocycles. The predicted molar refractivity (Wildman–Crippen MR) is 108 cm³/mol. The van der Waals surface area contributed by atoms with Gasteiger partial charge in [-0.3, -0.25) is 14.5 Å². The molecule has 1 aromatic carbocycles. The summed E-state index contributed by atoms with van der Waals surface area (Å²) in [6, 6.07) is 4.69. The second kappa shape index (κ2) is 8.71. The zero-order valence-electron chi connectivity index (χ0n) is 17.3. The summed E-state index contributed by atoms with van der Waals surface area (Å²) in [5.41, 5.74) is -0.265. The Labute approximate surface area is 171 Å². The number of hydrogen-bond acceptors (Lipinski definition) is 5. The van der Waals surface area contributed by atoms with Crippen molar-refractivity contribution in [2.24, 2.45) is 0 Å². The van der Waals surface area contributed by atoms with Gasteiger partial charge in [0.15, 0.2) is 11.5 Å². The van der Waals surface area contributed by atoms with Crippen LogP contribution in [0.5, 0.6) is 11.5 Å². The van der Waals surface area contributed by atoms with Crippen molar-refractivity contribution in [2.45, 2.75) is 51.5 Å². The number of carbonyl (C=O) groups excluding carboxylic acids is 3. The highest BCUT2D eigenvalue weighted by atomic mass is 16.5. The third kappa shape index (κ3) is 4.02. The van der Waals surface area contributed by atoms with Gasteiger partial charge in [-0.15, -0.1) is 0 Å². The number of likely N-dealkylation sites (N-methyl/N-ethyl adjacent to an activating group) is 1. The molecule has 0 unspecified atom stereocenters. The number of carbonyl (C=O) groups is 3. The van der Waals surface area contributed by atoms with Gasteiger partial charge in [-0.1, -0.05) is 19.3 Å². The van der Waals surface area contributed by atoms with Crippen LogP contribution < -0.4 is 14.8 Å². The Hall–Kier alpha value is -2.77. The maximum Gasteiger partial charge on any atom is 0.327 e. The molecule has 1 spiro atoms. The molecule has 3 rings (SSSR count). The number of benzene rings is 1. The summed E-state index contributed by atoms with van der Waals surface area (Å²) >= 11 is 0. The number of rotatable bonds is 7. The molecular weight excluding hydrogens is 374 g/mol. The molecule has 2 fully saturated rings. The first kappa shape index (κ1) is 21.0. The highest BCUT2D eigenvalue weighted by molar-refractivity contribution is 6.10. The Morgan fingerprint density at radius 3 is 2.38 bits per heavy atom. The van der Waals surface area contributed by atoms with Crippen molar-refractivity contribution < 1.29 is 23.9 Å². The Morgan fingerprint density at radius 2 is 1.72 bits per heavy atom. The van der Waals surface area contributed by atoms with Gasteiger partial charge in [0, 0.05) is 18.8 Å². The van der Waals surface area contributed by atoms with Crippen LogP contribution >= 0.6 is 0 Å². The van der Waals surface area contributed by atoms with Gasteiger partial charge in [-0.25, -0.2) is 4.79 Å². The quantitative estimate of drug-likeness (QED) is 0.707. The van der Waals surface area contributed by atoms with E-state index in [2.05, 4.69) is 5.32 Å². The number of nitrogens with one attached hydrogen (secondary N) is 1. The monoisotopic (exact) mass is 403 g/mol. The zero-order chi connectivity index (χ0) is 21.0. The molecule has 1 aromatic rings. The molecule has 4 amide bonds. The molecule has 1 saturated heterocycles. The standard InChI is InChI=1S/C21H29N3O5/c1-4-28-16-10-9-15(13-17(16)29-5-2)22-18(25)14-24-19(26)21(23(3)20(24)27)11-7-6-8-12-21/h9-10,13H,4-8,11-12,14H2,1-3H3,(H,22,25). The van der Waals surface area contributed by atoms with Gasteiger partial charge in [-0.05, 0) is 38.8 Å². The van der Waals surface area contributed by atoms with E-state index in [0.29, 0.717) is 43.2 Å². The van der Waals surface area contributed by atoms with E-state index in [0.717, 1.165) is 24.2 Å². The van der Waals surface area contributed by atoms with Crippen molar-refractivity contribution in [1.82, 2.24) is 9.80 Å². The number of urea groups is 1. The summed E-state index contributed by atoms with van der Waals surface area (Å²) in [6.45, 7) is 4.40. The van der Waals surface area contributed by atoms with E-state index in [1.54, 1.807) is 25.2 Å². The SMILES string of the molecule is CCOc1ccc(NC(=O)CN2C(=O)N(C)C3(CCCCC3)C2=O)cc1OCC. The van der Waals surface area contributed by atoms with Crippen LogP contribution in [0, 0.1) is 0 Å². The van der Waals surface area contributed by atoms with Gasteiger partial charge >= 0.3 is 6.03 Å². The van der Waals surface area contributed by atoms with Gasteiger partial charge < -0.3 is 19.7 Å². The lowest BCUT2D eigenvalue weighted by Crippen LogP contribution is -2.49. The average molecular weight is 403 g/mol. The number of imide groups is 1. The summed E-state index contributed by atoms with van der Waals surface area (Å²) in [7, 11) is 1.66. The van der Waals surface area contributed by atoms with Crippen LogP contribution in [0.4, 0.5) is 10.5 Å². The minimum atomic E-state index is -0.781. The van der Waals surface area contributed by atoms with Crippen LogP contribution in [0.25, 0.3) is 0 Å². The van der Waals surface area contributed by atoms with E-state index in [9.17, 15) is 14.4 Å². The van der Waals surface area contributed by atoms with Crippen molar-refractivity contribution in [2.75, 3.05) is 32.1 Å². The Kier molecular flexibility index (Phi) is 6.30. The summed E-state index contributed by atoms with van der Waals surface area (Å²) < 4.78 is 11.1. The topological polar surface area (TPSA) is 88.2 Å². The van der Waals surface area contributed by atoms with Crippen molar-refractivity contribution >= 4 is 23.5 Å². The first-order valence-electron chi connectivity index (χ1n) is 10.2. The lowest BCUT2D eigenvalue weighted by atomic mass is 9.81. The Morgan fingerprint density at radius 1 is 1.07 bits per heavy atom. The van der Waals surface area contributed by atoms with Crippen LogP contribution in [0.1, 0.15) is 46.0 Å². The molecule has 1 saturated carbocycles. The van der Waals surface area contributed by atoms with Crippen LogP contribution in [-0.4, -0.2) is 60.0 Å². The number of amides is 4. The summed E-state index contributed by atoms with van der Waals surface area (Å²) in [4.78, 5) is 40.8. The molecule has 8 heteroatoms. The number of anilines is 1. The average Bonchev–Trinajstić information content (AvgIpc) is 2.87. The van der Waals surface area contributed by atoms with Crippen molar-refractivity contribution in [3.63, 3.8) is 0 Å². The van der Waals surface area contributed by atoms with Gasteiger partial charge in [0.25, 0.3) is 5.91 Å². The van der Waals surface area contributed by atoms with Gasteiger partial charge in [0.2, 0.25) is 5.91 Å². The number of hydrogen-bond donors (Lipinski definition) is 1. The van der Waals surface area contributed by atoms with Crippen molar-refractivity contribution in [3.05, 3.63) is 18.2 Å². The summed E-state index contributed by atoms with van der Waals surface area (Å²) in [5, 5.41) is 2.75. The predicted octanol–water partition coefficient (Wildman–Crippen LogP) is 3.02. The maximum atomic E-state index is 13.0. The molecular formula is C21H29N3O5. The van der Waals surface area contributed by atoms with E-state index in [1.807, 2.05) is 13.8 Å². The second-order valence-electron chi connectivity index (χ2n) is 7.40. The number of nitrogens with zero attached hydrogens (tertiary/aromatic N) is 2. The lowest BCUT2D eigenvalue weighted by molar-refractivity contribution is -0.136. The first-order chi connectivity index (χ1) is 13.9. The van der Waals surface area contributed by atoms with E-state index in [1.165, 1.54) is 4.90 Å². The van der Waals surface area contributed by atoms with Crippen molar-refractivity contribution in [3.8, 4) is 11.5 Å². The highest BCUT2D eigenvalue weighted by Gasteiger charge is 2.55. The third-order valence-electron chi connectivity index (χ3n) is 5.61. The fourth-order valence-corrected chi connectivity index (χ4v) is 4.14. The minimum absolute atomic E-state index is 0.262. The van der Waals surface area contributed by atoms with Crippen LogP contribution in [0.3, 0.4) is 0 Å². The maximum absolute atomic E-state index is 13.0. The molecule has 1 N–H and O–H groups in total. The van der Waals surface area contributed by atoms with Crippen LogP contribution in [-0.2, 0) is 9.59 Å². The highest BCUT2D eigenvalue weighted by Crippen LogP contribution is 2.39. The molecule has 1 aliphatic heterocycles. The molecule has 158 valence electrons. The molecule has 29 heavy (non-hydrogen) atoms. The van der Waals surface area contributed by atoms with Crippen molar-refractivity contribution in [1.29, 1.82) is 0 Å². The Balaban J connectivity index is 1.70. The summed E-state index contributed by atoms with van der Waals surface area (Å²) in [6.07, 6.45) is 4.20. The van der Waals surface area contributed by atoms with Gasteiger partial charge in [-0.2, -0.15) is 0 Å². The fraction of sp³-hybridized carbons (Fsp3) is 0.571. The zero-order valence-corrected chi connectivity index (χ0v) is 17.3. The van der Waals surface area contributed by atoms with Gasteiger partial charge in [0.1, 0.15) is 12.1 Å².